The number of ether oxygens (including phenoxy) is 1. The van der Waals surface area contributed by atoms with Crippen LogP contribution in [0.1, 0.15) is 30.1 Å². The van der Waals surface area contributed by atoms with E-state index in [9.17, 15) is 18.0 Å². The minimum absolute atomic E-state index is 0.0211. The quantitative estimate of drug-likeness (QED) is 0.625. The molecule has 1 amide bonds. The van der Waals surface area contributed by atoms with Gasteiger partial charge in [0.2, 0.25) is 5.91 Å². The summed E-state index contributed by atoms with van der Waals surface area (Å²) in [4.78, 5) is 18.9. The lowest BCUT2D eigenvalue weighted by atomic mass is 10.1. The molecule has 0 spiro atoms. The molecular weight excluding hydrogens is 405 g/mol. The van der Waals surface area contributed by atoms with Gasteiger partial charge in [0.05, 0.1) is 29.3 Å². The molecular formula is C19H19F3N4O2S. The van der Waals surface area contributed by atoms with Crippen molar-refractivity contribution in [3.05, 3.63) is 41.0 Å². The lowest BCUT2D eigenvalue weighted by molar-refractivity contribution is -0.142. The van der Waals surface area contributed by atoms with Crippen molar-refractivity contribution in [2.45, 2.75) is 24.9 Å². The Kier molecular flexibility index (Phi) is 5.30. The number of amides is 1. The maximum atomic E-state index is 13.7. The van der Waals surface area contributed by atoms with Crippen molar-refractivity contribution in [1.29, 1.82) is 0 Å². The van der Waals surface area contributed by atoms with Crippen LogP contribution in [-0.2, 0) is 15.7 Å². The topological polar surface area (TPSA) is 59.7 Å². The van der Waals surface area contributed by atoms with E-state index in [2.05, 4.69) is 10.1 Å². The van der Waals surface area contributed by atoms with Gasteiger partial charge in [-0.05, 0) is 23.9 Å². The minimum Gasteiger partial charge on any atom is -0.384 e. The van der Waals surface area contributed by atoms with Gasteiger partial charge in [-0.2, -0.15) is 18.3 Å². The fourth-order valence-corrected chi connectivity index (χ4v) is 4.21. The molecule has 0 unspecified atom stereocenters. The SMILES string of the molecule is COCCC(=O)N1CC[C@@H](c2cc3nc(-c4cccs4)cc(C(F)(F)F)n3n2)C1. The molecule has 1 saturated heterocycles. The standard InChI is InChI=1S/C19H19F3N4O2S/c1-28-7-5-18(27)25-6-4-12(11-25)13-10-17-23-14(15-3-2-8-29-15)9-16(19(20,21)22)26(17)24-13/h2-3,8-10,12H,4-7,11H2,1H3/t12-/m1/s1. The number of thiophene rings is 1. The second-order valence-electron chi connectivity index (χ2n) is 6.91. The third-order valence-electron chi connectivity index (χ3n) is 4.99. The average molecular weight is 424 g/mol. The Morgan fingerprint density at radius 3 is 2.90 bits per heavy atom. The molecule has 3 aromatic heterocycles. The van der Waals surface area contributed by atoms with E-state index in [1.165, 1.54) is 18.4 Å². The number of likely N-dealkylation sites (tertiary alicyclic amines) is 1. The number of carbonyl (C=O) groups excluding carboxylic acids is 1. The van der Waals surface area contributed by atoms with Crippen molar-refractivity contribution in [2.75, 3.05) is 26.8 Å². The van der Waals surface area contributed by atoms with Gasteiger partial charge in [-0.25, -0.2) is 9.50 Å². The first-order valence-electron chi connectivity index (χ1n) is 9.15. The number of nitrogens with zero attached hydrogens (tertiary/aromatic N) is 4. The Morgan fingerprint density at radius 2 is 2.21 bits per heavy atom. The Morgan fingerprint density at radius 1 is 1.38 bits per heavy atom. The molecule has 6 nitrogen and oxygen atoms in total. The van der Waals surface area contributed by atoms with Crippen LogP contribution in [0.15, 0.2) is 29.6 Å². The number of alkyl halides is 3. The first kappa shape index (κ1) is 19.8. The normalized spacial score (nSPS) is 17.4. The van der Waals surface area contributed by atoms with E-state index in [-0.39, 0.29) is 23.2 Å². The van der Waals surface area contributed by atoms with Crippen LogP contribution in [0.3, 0.4) is 0 Å². The van der Waals surface area contributed by atoms with Crippen molar-refractivity contribution in [2.24, 2.45) is 0 Å². The summed E-state index contributed by atoms with van der Waals surface area (Å²) in [6, 6.07) is 6.14. The summed E-state index contributed by atoms with van der Waals surface area (Å²) in [6.45, 7) is 1.34. The number of hydrogen-bond acceptors (Lipinski definition) is 5. The molecule has 1 atom stereocenters. The van der Waals surface area contributed by atoms with Gasteiger partial charge in [0.1, 0.15) is 0 Å². The van der Waals surface area contributed by atoms with Crippen LogP contribution >= 0.6 is 11.3 Å². The monoisotopic (exact) mass is 424 g/mol. The van der Waals surface area contributed by atoms with Gasteiger partial charge >= 0.3 is 6.18 Å². The van der Waals surface area contributed by atoms with Crippen LogP contribution in [0, 0.1) is 0 Å². The highest BCUT2D eigenvalue weighted by atomic mass is 32.1. The summed E-state index contributed by atoms with van der Waals surface area (Å²) in [5, 5.41) is 6.01. The zero-order chi connectivity index (χ0) is 20.6. The number of rotatable bonds is 5. The highest BCUT2D eigenvalue weighted by Gasteiger charge is 2.36. The second kappa shape index (κ2) is 7.75. The van der Waals surface area contributed by atoms with Crippen molar-refractivity contribution >= 4 is 22.9 Å². The number of methoxy groups -OCH3 is 1. The highest BCUT2D eigenvalue weighted by Crippen LogP contribution is 2.35. The third-order valence-corrected chi connectivity index (χ3v) is 5.88. The Hall–Kier alpha value is -2.46. The summed E-state index contributed by atoms with van der Waals surface area (Å²) >= 11 is 1.33. The summed E-state index contributed by atoms with van der Waals surface area (Å²) in [7, 11) is 1.53. The van der Waals surface area contributed by atoms with Crippen molar-refractivity contribution in [3.8, 4) is 10.6 Å². The number of hydrogen-bond donors (Lipinski definition) is 0. The van der Waals surface area contributed by atoms with Crippen LogP contribution in [0.5, 0.6) is 0 Å². The summed E-state index contributed by atoms with van der Waals surface area (Å²) in [5.74, 6) is -0.137. The first-order valence-corrected chi connectivity index (χ1v) is 10.0. The molecule has 0 saturated carbocycles. The molecule has 1 fully saturated rings. The zero-order valence-corrected chi connectivity index (χ0v) is 16.5. The summed E-state index contributed by atoms with van der Waals surface area (Å²) in [6.07, 6.45) is -3.62. The summed E-state index contributed by atoms with van der Waals surface area (Å²) < 4.78 is 46.8. The molecule has 154 valence electrons. The van der Waals surface area contributed by atoms with Gasteiger partial charge in [-0.15, -0.1) is 11.3 Å². The van der Waals surface area contributed by atoms with Crippen LogP contribution in [0.25, 0.3) is 16.2 Å². The van der Waals surface area contributed by atoms with Gasteiger partial charge in [-0.1, -0.05) is 6.07 Å². The van der Waals surface area contributed by atoms with E-state index in [1.807, 2.05) is 0 Å². The van der Waals surface area contributed by atoms with Gasteiger partial charge in [0.15, 0.2) is 11.3 Å². The van der Waals surface area contributed by atoms with E-state index < -0.39 is 11.9 Å². The second-order valence-corrected chi connectivity index (χ2v) is 7.86. The first-order chi connectivity index (χ1) is 13.9. The van der Waals surface area contributed by atoms with Crippen molar-refractivity contribution in [1.82, 2.24) is 19.5 Å². The fourth-order valence-electron chi connectivity index (χ4n) is 3.52. The molecule has 4 heterocycles. The molecule has 0 bridgehead atoms. The zero-order valence-electron chi connectivity index (χ0n) is 15.6. The fraction of sp³-hybridized carbons (Fsp3) is 0.421. The van der Waals surface area contributed by atoms with Crippen molar-refractivity contribution in [3.63, 3.8) is 0 Å². The maximum absolute atomic E-state index is 13.7. The van der Waals surface area contributed by atoms with Crippen molar-refractivity contribution < 1.29 is 22.7 Å². The van der Waals surface area contributed by atoms with Crippen LogP contribution in [-0.4, -0.2) is 52.2 Å². The molecule has 3 aromatic rings. The minimum atomic E-state index is -4.56. The molecule has 0 aliphatic carbocycles. The predicted octanol–water partition coefficient (Wildman–Crippen LogP) is 3.83. The number of halogens is 3. The Balaban J connectivity index is 1.66. The maximum Gasteiger partial charge on any atom is 0.433 e. The molecule has 1 aliphatic heterocycles. The van der Waals surface area contributed by atoms with Crippen LogP contribution < -0.4 is 0 Å². The van der Waals surface area contributed by atoms with Gasteiger partial charge in [-0.3, -0.25) is 4.79 Å². The molecule has 0 radical (unpaired) electrons. The smallest absolute Gasteiger partial charge is 0.384 e. The molecule has 0 aromatic carbocycles. The van der Waals surface area contributed by atoms with Gasteiger partial charge in [0.25, 0.3) is 0 Å². The predicted molar refractivity (Wildman–Crippen MR) is 102 cm³/mol. The van der Waals surface area contributed by atoms with Gasteiger partial charge in [0, 0.05) is 32.2 Å². The Labute approximate surface area is 168 Å². The number of aromatic nitrogens is 3. The molecule has 0 N–H and O–H groups in total. The van der Waals surface area contributed by atoms with E-state index in [1.54, 1.807) is 28.5 Å². The van der Waals surface area contributed by atoms with Crippen LogP contribution in [0.2, 0.25) is 0 Å². The van der Waals surface area contributed by atoms with E-state index in [0.29, 0.717) is 43.1 Å². The third kappa shape index (κ3) is 3.99. The average Bonchev–Trinajstić information content (AvgIpc) is 3.43. The van der Waals surface area contributed by atoms with Gasteiger partial charge < -0.3 is 9.64 Å². The molecule has 10 heteroatoms. The summed E-state index contributed by atoms with van der Waals surface area (Å²) in [5.41, 5.74) is 0.0907. The van der Waals surface area contributed by atoms with E-state index >= 15 is 0 Å². The van der Waals surface area contributed by atoms with E-state index in [0.717, 1.165) is 10.6 Å². The van der Waals surface area contributed by atoms with Crippen LogP contribution in [0.4, 0.5) is 13.2 Å². The molecule has 29 heavy (non-hydrogen) atoms. The largest absolute Gasteiger partial charge is 0.433 e. The number of carbonyl (C=O) groups is 1. The molecule has 4 rings (SSSR count). The Bertz CT molecular complexity index is 1020. The highest BCUT2D eigenvalue weighted by molar-refractivity contribution is 7.13. The number of fused-ring (bicyclic) bond motifs is 1. The van der Waals surface area contributed by atoms with E-state index in [4.69, 9.17) is 4.74 Å². The lowest BCUT2D eigenvalue weighted by Gasteiger charge is -2.15. The lowest BCUT2D eigenvalue weighted by Crippen LogP contribution is -2.29. The molecule has 1 aliphatic rings.